The van der Waals surface area contributed by atoms with Gasteiger partial charge in [-0.2, -0.15) is 0 Å². The molecule has 0 aliphatic carbocycles. The summed E-state index contributed by atoms with van der Waals surface area (Å²) in [7, 11) is 0. The first-order valence-corrected chi connectivity index (χ1v) is 9.34. The van der Waals surface area contributed by atoms with Crippen molar-refractivity contribution in [2.45, 2.75) is 52.9 Å². The molecule has 5 heteroatoms. The number of nitrogens with one attached hydrogen (secondary N) is 1. The summed E-state index contributed by atoms with van der Waals surface area (Å²) in [6, 6.07) is 0. The van der Waals surface area contributed by atoms with Gasteiger partial charge in [0.05, 0.1) is 6.61 Å². The molecule has 0 radical (unpaired) electrons. The zero-order chi connectivity index (χ0) is 16.8. The van der Waals surface area contributed by atoms with E-state index in [1.54, 1.807) is 0 Å². The van der Waals surface area contributed by atoms with Gasteiger partial charge in [-0.15, -0.1) is 0 Å². The van der Waals surface area contributed by atoms with E-state index < -0.39 is 0 Å². The van der Waals surface area contributed by atoms with E-state index in [1.165, 1.54) is 12.8 Å². The fraction of sp³-hybridized carbons (Fsp3) is 0.944. The van der Waals surface area contributed by atoms with Crippen molar-refractivity contribution >= 4 is 5.96 Å². The van der Waals surface area contributed by atoms with Crippen LogP contribution in [0.4, 0.5) is 0 Å². The Bertz CT molecular complexity index is 388. The lowest BCUT2D eigenvalue weighted by Crippen LogP contribution is -2.42. The Morgan fingerprint density at radius 2 is 2.09 bits per heavy atom. The Kier molecular flexibility index (Phi) is 6.72. The lowest BCUT2D eigenvalue weighted by Gasteiger charge is -2.31. The topological polar surface area (TPSA) is 57.1 Å². The van der Waals surface area contributed by atoms with Gasteiger partial charge < -0.3 is 20.1 Å². The summed E-state index contributed by atoms with van der Waals surface area (Å²) >= 11 is 0. The number of guanidine groups is 1. The molecule has 2 fully saturated rings. The highest BCUT2D eigenvalue weighted by atomic mass is 16.5. The van der Waals surface area contributed by atoms with Crippen LogP contribution in [0.3, 0.4) is 0 Å². The number of ether oxygens (including phenoxy) is 1. The number of aliphatic hydroxyl groups excluding tert-OH is 1. The second-order valence-electron chi connectivity index (χ2n) is 7.33. The number of likely N-dealkylation sites (tertiary alicyclic amines) is 1. The fourth-order valence-corrected chi connectivity index (χ4v) is 3.90. The molecular formula is C18H35N3O2. The second kappa shape index (κ2) is 8.34. The number of nitrogens with zero attached hydrogens (tertiary/aromatic N) is 2. The molecule has 1 unspecified atom stereocenters. The van der Waals surface area contributed by atoms with Crippen LogP contribution in [-0.4, -0.2) is 62.0 Å². The number of rotatable bonds is 7. The molecule has 0 aromatic heterocycles. The summed E-state index contributed by atoms with van der Waals surface area (Å²) in [5.74, 6) is 1.04. The van der Waals surface area contributed by atoms with Crippen molar-refractivity contribution in [1.82, 2.24) is 10.2 Å². The van der Waals surface area contributed by atoms with Gasteiger partial charge in [0.15, 0.2) is 5.96 Å². The molecule has 2 N–H and O–H groups in total. The summed E-state index contributed by atoms with van der Waals surface area (Å²) in [4.78, 5) is 7.37. The van der Waals surface area contributed by atoms with Crippen molar-refractivity contribution < 1.29 is 9.84 Å². The Morgan fingerprint density at radius 3 is 2.65 bits per heavy atom. The van der Waals surface area contributed by atoms with E-state index in [2.05, 4.69) is 31.0 Å². The molecular weight excluding hydrogens is 290 g/mol. The van der Waals surface area contributed by atoms with Crippen molar-refractivity contribution in [2.75, 3.05) is 46.0 Å². The molecule has 2 aliphatic rings. The van der Waals surface area contributed by atoms with E-state index in [0.717, 1.165) is 64.6 Å². The highest BCUT2D eigenvalue weighted by Gasteiger charge is 2.42. The molecule has 2 rings (SSSR count). The Morgan fingerprint density at radius 1 is 1.30 bits per heavy atom. The zero-order valence-electron chi connectivity index (χ0n) is 15.2. The summed E-state index contributed by atoms with van der Waals surface area (Å²) in [6.07, 6.45) is 5.35. The fourth-order valence-electron chi connectivity index (χ4n) is 3.90. The summed E-state index contributed by atoms with van der Waals surface area (Å²) in [5.41, 5.74) is 0.483. The van der Waals surface area contributed by atoms with E-state index in [4.69, 9.17) is 9.73 Å². The van der Waals surface area contributed by atoms with Crippen LogP contribution in [0.1, 0.15) is 52.9 Å². The summed E-state index contributed by atoms with van der Waals surface area (Å²) in [5, 5.41) is 12.9. The lowest BCUT2D eigenvalue weighted by molar-refractivity contribution is 0.156. The van der Waals surface area contributed by atoms with Gasteiger partial charge >= 0.3 is 0 Å². The lowest BCUT2D eigenvalue weighted by atomic mass is 9.79. The Labute approximate surface area is 141 Å². The van der Waals surface area contributed by atoms with Crippen LogP contribution in [0, 0.1) is 10.8 Å². The van der Waals surface area contributed by atoms with Gasteiger partial charge in [-0.05, 0) is 44.4 Å². The van der Waals surface area contributed by atoms with E-state index in [-0.39, 0.29) is 12.0 Å². The first kappa shape index (κ1) is 18.5. The third kappa shape index (κ3) is 4.38. The van der Waals surface area contributed by atoms with E-state index >= 15 is 0 Å². The van der Waals surface area contributed by atoms with E-state index in [9.17, 15) is 5.11 Å². The van der Waals surface area contributed by atoms with Crippen molar-refractivity contribution in [3.8, 4) is 0 Å². The summed E-state index contributed by atoms with van der Waals surface area (Å²) in [6.45, 7) is 12.4. The minimum Gasteiger partial charge on any atom is -0.396 e. The van der Waals surface area contributed by atoms with Gasteiger partial charge in [0.1, 0.15) is 0 Å². The van der Waals surface area contributed by atoms with Crippen LogP contribution in [-0.2, 0) is 4.74 Å². The quantitative estimate of drug-likeness (QED) is 0.557. The molecule has 0 aromatic rings. The maximum Gasteiger partial charge on any atom is 0.193 e. The Hall–Kier alpha value is -0.810. The molecule has 5 nitrogen and oxygen atoms in total. The van der Waals surface area contributed by atoms with Gasteiger partial charge in [-0.1, -0.05) is 13.8 Å². The zero-order valence-corrected chi connectivity index (χ0v) is 15.2. The molecule has 0 bridgehead atoms. The number of hydrogen-bond donors (Lipinski definition) is 2. The summed E-state index contributed by atoms with van der Waals surface area (Å²) < 4.78 is 5.64. The van der Waals surface area contributed by atoms with E-state index in [1.807, 2.05) is 0 Å². The minimum atomic E-state index is 0.128. The molecule has 2 saturated heterocycles. The first-order valence-electron chi connectivity index (χ1n) is 9.34. The first-order chi connectivity index (χ1) is 11.1. The maximum atomic E-state index is 9.40. The molecule has 2 heterocycles. The molecule has 0 aromatic carbocycles. The Balaban J connectivity index is 2.05. The van der Waals surface area contributed by atoms with Crippen LogP contribution in [0.2, 0.25) is 0 Å². The van der Waals surface area contributed by atoms with Gasteiger partial charge in [-0.3, -0.25) is 4.99 Å². The predicted molar refractivity (Wildman–Crippen MR) is 94.8 cm³/mol. The van der Waals surface area contributed by atoms with Gasteiger partial charge in [0.25, 0.3) is 0 Å². The number of aliphatic imine (C=N–C) groups is 1. The smallest absolute Gasteiger partial charge is 0.193 e. The predicted octanol–water partition coefficient (Wildman–Crippen LogP) is 2.25. The molecule has 2 aliphatic heterocycles. The van der Waals surface area contributed by atoms with Crippen LogP contribution < -0.4 is 5.32 Å². The average Bonchev–Trinajstić information content (AvgIpc) is 3.20. The monoisotopic (exact) mass is 325 g/mol. The molecule has 0 amide bonds. The third-order valence-corrected chi connectivity index (χ3v) is 5.96. The van der Waals surface area contributed by atoms with Crippen molar-refractivity contribution in [3.63, 3.8) is 0 Å². The number of hydrogen-bond acceptors (Lipinski definition) is 3. The van der Waals surface area contributed by atoms with Crippen molar-refractivity contribution in [3.05, 3.63) is 0 Å². The van der Waals surface area contributed by atoms with Gasteiger partial charge in [0.2, 0.25) is 0 Å². The van der Waals surface area contributed by atoms with Crippen molar-refractivity contribution in [2.24, 2.45) is 15.8 Å². The van der Waals surface area contributed by atoms with Gasteiger partial charge in [0, 0.05) is 44.8 Å². The van der Waals surface area contributed by atoms with E-state index in [0.29, 0.717) is 5.41 Å². The second-order valence-corrected chi connectivity index (χ2v) is 7.33. The van der Waals surface area contributed by atoms with Crippen LogP contribution >= 0.6 is 0 Å². The normalized spacial score (nSPS) is 25.6. The number of aliphatic hydroxyl groups is 1. The third-order valence-electron chi connectivity index (χ3n) is 5.96. The van der Waals surface area contributed by atoms with Gasteiger partial charge in [-0.25, -0.2) is 0 Å². The van der Waals surface area contributed by atoms with Crippen LogP contribution in [0.25, 0.3) is 0 Å². The molecule has 1 spiro atoms. The minimum absolute atomic E-state index is 0.128. The average molecular weight is 325 g/mol. The highest BCUT2D eigenvalue weighted by Crippen LogP contribution is 2.38. The maximum absolute atomic E-state index is 9.40. The molecule has 23 heavy (non-hydrogen) atoms. The molecule has 0 saturated carbocycles. The molecule has 134 valence electrons. The van der Waals surface area contributed by atoms with Crippen LogP contribution in [0.15, 0.2) is 4.99 Å². The van der Waals surface area contributed by atoms with Crippen LogP contribution in [0.5, 0.6) is 0 Å². The standard InChI is InChI=1S/C18H35N3O2/c1-4-17(5-2,8-11-22)13-20-16(19-6-3)21-10-7-18(14-21)9-12-23-15-18/h22H,4-15H2,1-3H3,(H,19,20). The highest BCUT2D eigenvalue weighted by molar-refractivity contribution is 5.80. The SMILES string of the molecule is CCNC(=NCC(CC)(CC)CCO)N1CCC2(CCOC2)C1. The van der Waals surface area contributed by atoms with Crippen molar-refractivity contribution in [1.29, 1.82) is 0 Å². The molecule has 1 atom stereocenters. The largest absolute Gasteiger partial charge is 0.396 e.